The number of phenolic OH excluding ortho intramolecular Hbond substituents is 1. The molecule has 6 heteroatoms. The Kier molecular flexibility index (Phi) is 3.43. The zero-order chi connectivity index (χ0) is 16.2. The highest BCUT2D eigenvalue weighted by Gasteiger charge is 2.51. The van der Waals surface area contributed by atoms with Crippen molar-refractivity contribution in [3.63, 3.8) is 0 Å². The van der Waals surface area contributed by atoms with Crippen molar-refractivity contribution in [2.45, 2.75) is 18.4 Å². The molecule has 0 saturated heterocycles. The summed E-state index contributed by atoms with van der Waals surface area (Å²) in [6.45, 7) is 0.555. The maximum Gasteiger partial charge on any atom is 0.258 e. The Morgan fingerprint density at radius 2 is 1.83 bits per heavy atom. The van der Waals surface area contributed by atoms with Crippen LogP contribution < -0.4 is 9.64 Å². The Morgan fingerprint density at radius 3 is 2.48 bits per heavy atom. The molecule has 0 radical (unpaired) electrons. The minimum absolute atomic E-state index is 0.0857. The van der Waals surface area contributed by atoms with E-state index in [1.807, 2.05) is 24.3 Å². The van der Waals surface area contributed by atoms with Crippen molar-refractivity contribution in [3.8, 4) is 11.5 Å². The Balaban J connectivity index is 1.76. The fourth-order valence-corrected chi connectivity index (χ4v) is 4.02. The molecule has 0 aromatic heterocycles. The predicted octanol–water partition coefficient (Wildman–Crippen LogP) is 4.49. The Hall–Kier alpha value is -1.53. The van der Waals surface area contributed by atoms with Gasteiger partial charge in [-0.1, -0.05) is 12.1 Å². The summed E-state index contributed by atoms with van der Waals surface area (Å²) in [5.74, 6) is 0.734. The van der Waals surface area contributed by atoms with E-state index in [0.717, 1.165) is 24.3 Å². The number of amides is 1. The third kappa shape index (κ3) is 2.54. The molecule has 2 aromatic carbocycles. The summed E-state index contributed by atoms with van der Waals surface area (Å²) in [6.07, 6.45) is 1.93. The number of fused-ring (bicyclic) bond motifs is 1. The van der Waals surface area contributed by atoms with Crippen LogP contribution in [0.15, 0.2) is 45.3 Å². The highest BCUT2D eigenvalue weighted by Crippen LogP contribution is 2.48. The number of carbonyl (C=O) groups excluding carboxylic acids is 1. The maximum absolute atomic E-state index is 13.0. The molecule has 4 nitrogen and oxygen atoms in total. The molecule has 0 atom stereocenters. The zero-order valence-corrected chi connectivity index (χ0v) is 15.2. The average molecular weight is 439 g/mol. The molecule has 1 aliphatic carbocycles. The van der Waals surface area contributed by atoms with E-state index in [2.05, 4.69) is 31.9 Å². The normalized spacial score (nSPS) is 17.6. The van der Waals surface area contributed by atoms with Gasteiger partial charge in [-0.05, 0) is 69.0 Å². The van der Waals surface area contributed by atoms with Crippen LogP contribution in [0.1, 0.15) is 23.2 Å². The molecule has 1 aliphatic heterocycles. The van der Waals surface area contributed by atoms with E-state index in [-0.39, 0.29) is 17.3 Å². The van der Waals surface area contributed by atoms with Gasteiger partial charge in [-0.25, -0.2) is 0 Å². The number of ether oxygens (including phenoxy) is 1. The van der Waals surface area contributed by atoms with Gasteiger partial charge in [0.25, 0.3) is 5.91 Å². The first-order valence-corrected chi connectivity index (χ1v) is 8.86. The van der Waals surface area contributed by atoms with E-state index in [4.69, 9.17) is 4.74 Å². The molecule has 0 bridgehead atoms. The van der Waals surface area contributed by atoms with Gasteiger partial charge >= 0.3 is 0 Å². The van der Waals surface area contributed by atoms with Crippen molar-refractivity contribution in [1.82, 2.24) is 0 Å². The molecule has 118 valence electrons. The first-order valence-electron chi connectivity index (χ1n) is 7.27. The maximum atomic E-state index is 13.0. The van der Waals surface area contributed by atoms with Crippen LogP contribution in [0.5, 0.6) is 11.5 Å². The van der Waals surface area contributed by atoms with Gasteiger partial charge in [-0.3, -0.25) is 4.79 Å². The summed E-state index contributed by atoms with van der Waals surface area (Å²) < 4.78 is 7.03. The molecule has 1 saturated carbocycles. The largest absolute Gasteiger partial charge is 0.506 e. The Labute approximate surface area is 150 Å². The Bertz CT molecular complexity index is 794. The summed E-state index contributed by atoms with van der Waals surface area (Å²) in [7, 11) is 0. The van der Waals surface area contributed by atoms with Gasteiger partial charge in [0.05, 0.1) is 21.2 Å². The predicted molar refractivity (Wildman–Crippen MR) is 94.2 cm³/mol. The van der Waals surface area contributed by atoms with Gasteiger partial charge in [0.1, 0.15) is 17.1 Å². The first kappa shape index (κ1) is 15.0. The second-order valence-corrected chi connectivity index (χ2v) is 7.64. The van der Waals surface area contributed by atoms with E-state index < -0.39 is 0 Å². The van der Waals surface area contributed by atoms with E-state index in [0.29, 0.717) is 21.1 Å². The highest BCUT2D eigenvalue weighted by atomic mass is 79.9. The lowest BCUT2D eigenvalue weighted by Crippen LogP contribution is -2.45. The van der Waals surface area contributed by atoms with Crippen molar-refractivity contribution >= 4 is 43.5 Å². The SMILES string of the molecule is O=C(c1cc(Br)c(O)c(Br)c1)N1CC2(CC2)Oc2ccccc21. The molecular formula is C17H13Br2NO3. The summed E-state index contributed by atoms with van der Waals surface area (Å²) in [4.78, 5) is 14.8. The number of para-hydroxylation sites is 2. The number of anilines is 1. The smallest absolute Gasteiger partial charge is 0.258 e. The van der Waals surface area contributed by atoms with Crippen LogP contribution in [0, 0.1) is 0 Å². The summed E-state index contributed by atoms with van der Waals surface area (Å²) in [5, 5.41) is 9.84. The number of carbonyl (C=O) groups is 1. The van der Waals surface area contributed by atoms with Gasteiger partial charge in [-0.15, -0.1) is 0 Å². The number of aromatic hydroxyl groups is 1. The summed E-state index contributed by atoms with van der Waals surface area (Å²) in [5.41, 5.74) is 1.07. The van der Waals surface area contributed by atoms with Crippen molar-refractivity contribution in [2.24, 2.45) is 0 Å². The lowest BCUT2D eigenvalue weighted by atomic mass is 10.1. The summed E-state index contributed by atoms with van der Waals surface area (Å²) >= 11 is 6.56. The molecular weight excluding hydrogens is 426 g/mol. The topological polar surface area (TPSA) is 49.8 Å². The van der Waals surface area contributed by atoms with E-state index in [1.54, 1.807) is 17.0 Å². The molecule has 4 rings (SSSR count). The minimum atomic E-state index is -0.227. The molecule has 1 amide bonds. The second kappa shape index (κ2) is 5.24. The molecule has 0 unspecified atom stereocenters. The average Bonchev–Trinajstić information content (AvgIpc) is 3.29. The van der Waals surface area contributed by atoms with E-state index in [1.165, 1.54) is 0 Å². The van der Waals surface area contributed by atoms with Crippen LogP contribution >= 0.6 is 31.9 Å². The van der Waals surface area contributed by atoms with Crippen LogP contribution in [-0.4, -0.2) is 23.2 Å². The first-order chi connectivity index (χ1) is 11.0. The second-order valence-electron chi connectivity index (χ2n) is 5.93. The van der Waals surface area contributed by atoms with Crippen LogP contribution in [0.4, 0.5) is 5.69 Å². The Morgan fingerprint density at radius 1 is 1.17 bits per heavy atom. The third-order valence-electron chi connectivity index (χ3n) is 4.25. The van der Waals surface area contributed by atoms with E-state index in [9.17, 15) is 9.90 Å². The molecule has 1 fully saturated rings. The van der Waals surface area contributed by atoms with Gasteiger partial charge in [0.15, 0.2) is 0 Å². The molecule has 1 heterocycles. The minimum Gasteiger partial charge on any atom is -0.506 e. The lowest BCUT2D eigenvalue weighted by molar-refractivity contribution is 0.0943. The van der Waals surface area contributed by atoms with Crippen molar-refractivity contribution in [3.05, 3.63) is 50.9 Å². The summed E-state index contributed by atoms with van der Waals surface area (Å²) in [6, 6.07) is 10.9. The fourth-order valence-electron chi connectivity index (χ4n) is 2.83. The van der Waals surface area contributed by atoms with Crippen LogP contribution in [0.2, 0.25) is 0 Å². The number of rotatable bonds is 1. The number of benzene rings is 2. The number of phenols is 1. The quantitative estimate of drug-likeness (QED) is 0.713. The standard InChI is InChI=1S/C17H13Br2NO3/c18-11-7-10(8-12(19)15(11)21)16(22)20-9-17(5-6-17)23-14-4-2-1-3-13(14)20/h1-4,7-8,21H,5-6,9H2. The lowest BCUT2D eigenvalue weighted by Gasteiger charge is -2.35. The fraction of sp³-hybridized carbons (Fsp3) is 0.235. The highest BCUT2D eigenvalue weighted by molar-refractivity contribution is 9.11. The molecule has 2 aromatic rings. The van der Waals surface area contributed by atoms with Gasteiger partial charge < -0.3 is 14.7 Å². The number of halogens is 2. The number of nitrogens with zero attached hydrogens (tertiary/aromatic N) is 1. The van der Waals surface area contributed by atoms with E-state index >= 15 is 0 Å². The van der Waals surface area contributed by atoms with Gasteiger partial charge in [-0.2, -0.15) is 0 Å². The molecule has 2 aliphatic rings. The van der Waals surface area contributed by atoms with Crippen molar-refractivity contribution < 1.29 is 14.6 Å². The molecule has 1 N–H and O–H groups in total. The zero-order valence-electron chi connectivity index (χ0n) is 12.1. The third-order valence-corrected chi connectivity index (χ3v) is 5.45. The van der Waals surface area contributed by atoms with Crippen LogP contribution in [0.25, 0.3) is 0 Å². The number of hydrogen-bond donors (Lipinski definition) is 1. The van der Waals surface area contributed by atoms with Crippen LogP contribution in [0.3, 0.4) is 0 Å². The van der Waals surface area contributed by atoms with Gasteiger partial charge in [0.2, 0.25) is 0 Å². The molecule has 23 heavy (non-hydrogen) atoms. The monoisotopic (exact) mass is 437 g/mol. The number of hydrogen-bond acceptors (Lipinski definition) is 3. The van der Waals surface area contributed by atoms with Crippen molar-refractivity contribution in [2.75, 3.05) is 11.4 Å². The molecule has 1 spiro atoms. The van der Waals surface area contributed by atoms with Crippen LogP contribution in [-0.2, 0) is 0 Å². The van der Waals surface area contributed by atoms with Crippen molar-refractivity contribution in [1.29, 1.82) is 0 Å². The van der Waals surface area contributed by atoms with Gasteiger partial charge in [0, 0.05) is 5.56 Å².